The van der Waals surface area contributed by atoms with Crippen LogP contribution in [0.3, 0.4) is 0 Å². The summed E-state index contributed by atoms with van der Waals surface area (Å²) in [6.45, 7) is 3.04. The number of hydrogen-bond acceptors (Lipinski definition) is 6. The molecule has 0 unspecified atom stereocenters. The molecule has 130 valence electrons. The summed E-state index contributed by atoms with van der Waals surface area (Å²) >= 11 is 0. The fourth-order valence-corrected chi connectivity index (χ4v) is 2.58. The second kappa shape index (κ2) is 7.63. The Labute approximate surface area is 144 Å². The number of hydrogen-bond donors (Lipinski definition) is 2. The molecule has 0 bridgehead atoms. The molecule has 0 radical (unpaired) electrons. The standard InChI is InChI=1S/C17H18N4O4/c22-17(19-18-15-3-1-2-4-16(15)21(23)24)13-5-7-14(8-6-13)20-9-11-25-12-10-20/h1-8,18H,9-12H2,(H,19,22). The number of nitro groups is 1. The van der Waals surface area contributed by atoms with Crippen LogP contribution in [-0.2, 0) is 4.74 Å². The highest BCUT2D eigenvalue weighted by Crippen LogP contribution is 2.22. The maximum Gasteiger partial charge on any atom is 0.294 e. The third-order valence-corrected chi connectivity index (χ3v) is 3.92. The number of benzene rings is 2. The summed E-state index contributed by atoms with van der Waals surface area (Å²) in [7, 11) is 0. The molecule has 1 amide bonds. The van der Waals surface area contributed by atoms with E-state index in [1.165, 1.54) is 12.1 Å². The fraction of sp³-hybridized carbons (Fsp3) is 0.235. The highest BCUT2D eigenvalue weighted by Gasteiger charge is 2.14. The molecule has 1 saturated heterocycles. The van der Waals surface area contributed by atoms with Crippen molar-refractivity contribution in [3.8, 4) is 0 Å². The second-order valence-electron chi connectivity index (χ2n) is 5.50. The van der Waals surface area contributed by atoms with E-state index in [2.05, 4.69) is 15.8 Å². The zero-order valence-corrected chi connectivity index (χ0v) is 13.5. The number of amides is 1. The number of carbonyl (C=O) groups is 1. The second-order valence-corrected chi connectivity index (χ2v) is 5.50. The number of nitrogens with one attached hydrogen (secondary N) is 2. The van der Waals surface area contributed by atoms with Crippen LogP contribution in [0, 0.1) is 10.1 Å². The first-order valence-corrected chi connectivity index (χ1v) is 7.88. The minimum Gasteiger partial charge on any atom is -0.378 e. The molecule has 8 heteroatoms. The van der Waals surface area contributed by atoms with Crippen molar-refractivity contribution in [1.29, 1.82) is 0 Å². The van der Waals surface area contributed by atoms with Crippen molar-refractivity contribution in [2.24, 2.45) is 0 Å². The minimum atomic E-state index is -0.508. The lowest BCUT2D eigenvalue weighted by Gasteiger charge is -2.28. The van der Waals surface area contributed by atoms with Gasteiger partial charge in [-0.2, -0.15) is 0 Å². The minimum absolute atomic E-state index is 0.106. The first-order valence-electron chi connectivity index (χ1n) is 7.88. The van der Waals surface area contributed by atoms with Crippen LogP contribution in [0.2, 0.25) is 0 Å². The van der Waals surface area contributed by atoms with Gasteiger partial charge in [0.25, 0.3) is 11.6 Å². The number of para-hydroxylation sites is 2. The summed E-state index contributed by atoms with van der Waals surface area (Å²) in [4.78, 5) is 24.9. The molecule has 2 aromatic rings. The monoisotopic (exact) mass is 342 g/mol. The van der Waals surface area contributed by atoms with E-state index in [0.717, 1.165) is 18.8 Å². The molecule has 1 heterocycles. The van der Waals surface area contributed by atoms with Gasteiger partial charge in [-0.05, 0) is 30.3 Å². The van der Waals surface area contributed by atoms with Crippen LogP contribution < -0.4 is 15.8 Å². The van der Waals surface area contributed by atoms with Crippen molar-refractivity contribution in [3.05, 3.63) is 64.2 Å². The van der Waals surface area contributed by atoms with Gasteiger partial charge in [0.05, 0.1) is 18.1 Å². The Kier molecular flexibility index (Phi) is 5.10. The Hall–Kier alpha value is -3.13. The van der Waals surface area contributed by atoms with E-state index in [0.29, 0.717) is 18.8 Å². The SMILES string of the molecule is O=C(NNc1ccccc1[N+](=O)[O-])c1ccc(N2CCOCC2)cc1. The van der Waals surface area contributed by atoms with Crippen LogP contribution in [0.1, 0.15) is 10.4 Å². The first kappa shape index (κ1) is 16.7. The highest BCUT2D eigenvalue weighted by atomic mass is 16.6. The van der Waals surface area contributed by atoms with Crippen molar-refractivity contribution in [2.75, 3.05) is 36.6 Å². The molecule has 1 fully saturated rings. The van der Waals surface area contributed by atoms with Gasteiger partial charge in [0.2, 0.25) is 0 Å². The Balaban J connectivity index is 1.63. The van der Waals surface area contributed by atoms with Crippen molar-refractivity contribution >= 4 is 23.0 Å². The molecule has 8 nitrogen and oxygen atoms in total. The zero-order valence-electron chi connectivity index (χ0n) is 13.5. The zero-order chi connectivity index (χ0) is 17.6. The van der Waals surface area contributed by atoms with Crippen LogP contribution in [0.4, 0.5) is 17.1 Å². The molecule has 1 aliphatic rings. The van der Waals surface area contributed by atoms with Gasteiger partial charge < -0.3 is 9.64 Å². The van der Waals surface area contributed by atoms with E-state index in [1.54, 1.807) is 24.3 Å². The largest absolute Gasteiger partial charge is 0.378 e. The van der Waals surface area contributed by atoms with Crippen LogP contribution in [-0.4, -0.2) is 37.1 Å². The molecule has 0 aliphatic carbocycles. The smallest absolute Gasteiger partial charge is 0.294 e. The van der Waals surface area contributed by atoms with Crippen LogP contribution in [0.5, 0.6) is 0 Å². The molecule has 25 heavy (non-hydrogen) atoms. The van der Waals surface area contributed by atoms with E-state index < -0.39 is 4.92 Å². The quantitative estimate of drug-likeness (QED) is 0.639. The molecule has 0 atom stereocenters. The lowest BCUT2D eigenvalue weighted by Crippen LogP contribution is -2.36. The highest BCUT2D eigenvalue weighted by molar-refractivity contribution is 5.95. The number of morpholine rings is 1. The first-order chi connectivity index (χ1) is 12.1. The molecule has 3 rings (SSSR count). The average Bonchev–Trinajstić information content (AvgIpc) is 2.67. The van der Waals surface area contributed by atoms with Gasteiger partial charge in [-0.1, -0.05) is 12.1 Å². The fourth-order valence-electron chi connectivity index (χ4n) is 2.58. The molecule has 1 aliphatic heterocycles. The number of carbonyl (C=O) groups excluding carboxylic acids is 1. The van der Waals surface area contributed by atoms with Crippen molar-refractivity contribution < 1.29 is 14.5 Å². The molecular formula is C17H18N4O4. The third-order valence-electron chi connectivity index (χ3n) is 3.92. The van der Waals surface area contributed by atoms with Crippen molar-refractivity contribution in [2.45, 2.75) is 0 Å². The number of nitrogens with zero attached hydrogens (tertiary/aromatic N) is 2. The summed E-state index contributed by atoms with van der Waals surface area (Å²) in [6.07, 6.45) is 0. The van der Waals surface area contributed by atoms with E-state index in [1.807, 2.05) is 12.1 Å². The van der Waals surface area contributed by atoms with Gasteiger partial charge in [-0.25, -0.2) is 0 Å². The lowest BCUT2D eigenvalue weighted by atomic mass is 10.2. The van der Waals surface area contributed by atoms with Crippen LogP contribution in [0.25, 0.3) is 0 Å². The summed E-state index contributed by atoms with van der Waals surface area (Å²) < 4.78 is 5.32. The maximum atomic E-state index is 12.2. The van der Waals surface area contributed by atoms with Crippen molar-refractivity contribution in [1.82, 2.24) is 5.43 Å². The molecular weight excluding hydrogens is 324 g/mol. The molecule has 0 aromatic heterocycles. The van der Waals surface area contributed by atoms with Gasteiger partial charge in [0.1, 0.15) is 5.69 Å². The summed E-state index contributed by atoms with van der Waals surface area (Å²) in [6, 6.07) is 13.3. The van der Waals surface area contributed by atoms with Gasteiger partial charge >= 0.3 is 0 Å². The summed E-state index contributed by atoms with van der Waals surface area (Å²) in [5, 5.41) is 11.0. The Morgan fingerprint density at radius 3 is 2.44 bits per heavy atom. The summed E-state index contributed by atoms with van der Waals surface area (Å²) in [5.41, 5.74) is 6.70. The normalized spacial score (nSPS) is 14.0. The number of anilines is 2. The number of ether oxygens (including phenoxy) is 1. The molecule has 0 spiro atoms. The number of rotatable bonds is 5. The van der Waals surface area contributed by atoms with Crippen molar-refractivity contribution in [3.63, 3.8) is 0 Å². The van der Waals surface area contributed by atoms with Gasteiger partial charge in [0, 0.05) is 30.4 Å². The van der Waals surface area contributed by atoms with E-state index in [-0.39, 0.29) is 17.3 Å². The third kappa shape index (κ3) is 4.04. The Morgan fingerprint density at radius 1 is 1.08 bits per heavy atom. The predicted octanol–water partition coefficient (Wildman–Crippen LogP) is 2.19. The van der Waals surface area contributed by atoms with Gasteiger partial charge in [-0.3, -0.25) is 25.8 Å². The van der Waals surface area contributed by atoms with Gasteiger partial charge in [0.15, 0.2) is 0 Å². The molecule has 2 aromatic carbocycles. The van der Waals surface area contributed by atoms with Crippen LogP contribution in [0.15, 0.2) is 48.5 Å². The molecule has 0 saturated carbocycles. The number of hydrazine groups is 1. The Morgan fingerprint density at radius 2 is 1.76 bits per heavy atom. The van der Waals surface area contributed by atoms with E-state index in [9.17, 15) is 14.9 Å². The topological polar surface area (TPSA) is 96.7 Å². The lowest BCUT2D eigenvalue weighted by molar-refractivity contribution is -0.384. The summed E-state index contributed by atoms with van der Waals surface area (Å²) in [5.74, 6) is -0.369. The van der Waals surface area contributed by atoms with Gasteiger partial charge in [-0.15, -0.1) is 0 Å². The maximum absolute atomic E-state index is 12.2. The van der Waals surface area contributed by atoms with E-state index in [4.69, 9.17) is 4.74 Å². The van der Waals surface area contributed by atoms with Crippen LogP contribution >= 0.6 is 0 Å². The average molecular weight is 342 g/mol. The predicted molar refractivity (Wildman–Crippen MR) is 93.7 cm³/mol. The van der Waals surface area contributed by atoms with E-state index >= 15 is 0 Å². The molecule has 2 N–H and O–H groups in total. The number of nitro benzene ring substituents is 1. The Bertz CT molecular complexity index is 757.